The van der Waals surface area contributed by atoms with Crippen LogP contribution in [0.4, 0.5) is 0 Å². The Morgan fingerprint density at radius 1 is 1.09 bits per heavy atom. The van der Waals surface area contributed by atoms with E-state index in [9.17, 15) is 9.90 Å². The molecule has 0 saturated carbocycles. The van der Waals surface area contributed by atoms with E-state index in [0.717, 1.165) is 37.3 Å². The largest absolute Gasteiger partial charge is 0.507 e. The maximum Gasteiger partial charge on any atom is 0.343 e. The van der Waals surface area contributed by atoms with Crippen molar-refractivity contribution in [3.63, 3.8) is 0 Å². The number of benzene rings is 2. The van der Waals surface area contributed by atoms with Crippen molar-refractivity contribution in [3.8, 4) is 5.75 Å². The van der Waals surface area contributed by atoms with E-state index in [-0.39, 0.29) is 11.7 Å². The zero-order valence-corrected chi connectivity index (χ0v) is 18.8. The zero-order valence-electron chi connectivity index (χ0n) is 18.8. The molecule has 1 fully saturated rings. The van der Waals surface area contributed by atoms with E-state index in [4.69, 9.17) is 9.52 Å². The molecule has 0 aliphatic carbocycles. The lowest BCUT2D eigenvalue weighted by Crippen LogP contribution is -2.25. The Labute approximate surface area is 188 Å². The van der Waals surface area contributed by atoms with Gasteiger partial charge in [-0.25, -0.2) is 4.79 Å². The molecule has 1 saturated heterocycles. The predicted octanol–water partition coefficient (Wildman–Crippen LogP) is 4.42. The Kier molecular flexibility index (Phi) is 6.90. The number of nitrogens with zero attached hydrogens (tertiary/aromatic N) is 3. The number of para-hydroxylation sites is 1. The highest BCUT2D eigenvalue weighted by molar-refractivity contribution is 5.87. The lowest BCUT2D eigenvalue weighted by atomic mass is 9.86. The predicted molar refractivity (Wildman–Crippen MR) is 128 cm³/mol. The molecule has 1 aromatic heterocycles. The topological polar surface area (TPSA) is 69.3 Å². The normalized spacial score (nSPS) is 15.9. The molecule has 1 atom stereocenters. The second-order valence-electron chi connectivity index (χ2n) is 8.63. The fraction of sp³-hybridized carbons (Fsp3) is 0.385. The standard InChI is InChI=1S/C26H31N3O3/c1-28(2)27-20(14-17-29-15-8-9-16-29)18-22(19-10-4-3-5-11-19)24-25(30)21-12-6-7-13-23(21)32-26(24)31/h3-7,10-13,22,30H,8-9,14-18H2,1-2H3/b27-20-/t22-/m1/s1. The fourth-order valence-corrected chi connectivity index (χ4v) is 4.53. The second kappa shape index (κ2) is 10.0. The van der Waals surface area contributed by atoms with Crippen LogP contribution >= 0.6 is 0 Å². The van der Waals surface area contributed by atoms with Crippen LogP contribution in [-0.4, -0.2) is 54.5 Å². The summed E-state index contributed by atoms with van der Waals surface area (Å²) in [4.78, 5) is 15.5. The molecule has 3 aromatic rings. The van der Waals surface area contributed by atoms with E-state index in [0.29, 0.717) is 23.0 Å². The van der Waals surface area contributed by atoms with Crippen molar-refractivity contribution in [2.24, 2.45) is 5.10 Å². The molecule has 2 heterocycles. The Bertz CT molecular complexity index is 1130. The number of likely N-dealkylation sites (tertiary alicyclic amines) is 1. The minimum Gasteiger partial charge on any atom is -0.507 e. The van der Waals surface area contributed by atoms with Crippen LogP contribution in [0.25, 0.3) is 11.0 Å². The molecule has 0 unspecified atom stereocenters. The summed E-state index contributed by atoms with van der Waals surface area (Å²) in [6.07, 6.45) is 3.85. The first-order valence-electron chi connectivity index (χ1n) is 11.3. The van der Waals surface area contributed by atoms with Gasteiger partial charge in [-0.3, -0.25) is 0 Å². The Morgan fingerprint density at radius 3 is 2.50 bits per heavy atom. The third kappa shape index (κ3) is 5.02. The molecule has 2 aromatic carbocycles. The van der Waals surface area contributed by atoms with Gasteiger partial charge in [-0.15, -0.1) is 0 Å². The molecule has 32 heavy (non-hydrogen) atoms. The molecule has 168 valence electrons. The molecule has 6 heteroatoms. The highest BCUT2D eigenvalue weighted by atomic mass is 16.4. The molecule has 6 nitrogen and oxygen atoms in total. The van der Waals surface area contributed by atoms with Crippen molar-refractivity contribution < 1.29 is 9.52 Å². The fourth-order valence-electron chi connectivity index (χ4n) is 4.53. The highest BCUT2D eigenvalue weighted by Crippen LogP contribution is 2.36. The summed E-state index contributed by atoms with van der Waals surface area (Å²) in [5.41, 5.74) is 2.14. The summed E-state index contributed by atoms with van der Waals surface area (Å²) in [5.74, 6) is -0.358. The van der Waals surface area contributed by atoms with Crippen molar-refractivity contribution in [3.05, 3.63) is 76.1 Å². The smallest absolute Gasteiger partial charge is 0.343 e. The van der Waals surface area contributed by atoms with Crippen LogP contribution in [0.5, 0.6) is 5.75 Å². The molecule has 0 bridgehead atoms. The van der Waals surface area contributed by atoms with Gasteiger partial charge >= 0.3 is 5.63 Å². The number of aromatic hydroxyl groups is 1. The highest BCUT2D eigenvalue weighted by Gasteiger charge is 2.26. The third-order valence-corrected chi connectivity index (χ3v) is 6.07. The molecule has 0 spiro atoms. The zero-order chi connectivity index (χ0) is 22.5. The first-order chi connectivity index (χ1) is 15.5. The Morgan fingerprint density at radius 2 is 1.78 bits per heavy atom. The summed E-state index contributed by atoms with van der Waals surface area (Å²) in [7, 11) is 3.82. The van der Waals surface area contributed by atoms with Gasteiger partial charge in [-0.05, 0) is 50.0 Å². The Hall–Kier alpha value is -3.12. The van der Waals surface area contributed by atoms with Crippen LogP contribution in [0.2, 0.25) is 0 Å². The van der Waals surface area contributed by atoms with E-state index in [1.165, 1.54) is 12.8 Å². The lowest BCUT2D eigenvalue weighted by molar-refractivity contribution is 0.346. The Balaban J connectivity index is 1.74. The van der Waals surface area contributed by atoms with E-state index < -0.39 is 5.63 Å². The van der Waals surface area contributed by atoms with Gasteiger partial charge in [0.1, 0.15) is 11.3 Å². The van der Waals surface area contributed by atoms with E-state index >= 15 is 0 Å². The molecule has 0 radical (unpaired) electrons. The van der Waals surface area contributed by atoms with Crippen LogP contribution in [0.3, 0.4) is 0 Å². The molecule has 1 aliphatic heterocycles. The molecular formula is C26H31N3O3. The van der Waals surface area contributed by atoms with Gasteiger partial charge in [-0.2, -0.15) is 5.10 Å². The molecule has 1 aliphatic rings. The van der Waals surface area contributed by atoms with Gasteiger partial charge in [-0.1, -0.05) is 42.5 Å². The summed E-state index contributed by atoms with van der Waals surface area (Å²) in [5, 5.41) is 18.3. The molecule has 4 rings (SSSR count). The number of hydrogen-bond donors (Lipinski definition) is 1. The van der Waals surface area contributed by atoms with Gasteiger partial charge in [0.15, 0.2) is 0 Å². The van der Waals surface area contributed by atoms with Gasteiger partial charge in [0, 0.05) is 38.7 Å². The molecule has 0 amide bonds. The first kappa shape index (κ1) is 22.1. The number of hydrogen-bond acceptors (Lipinski definition) is 6. The SMILES string of the molecule is CN(C)/N=C(/CCN1CCCC1)C[C@H](c1ccccc1)c1c(O)c2ccccc2oc1=O. The van der Waals surface area contributed by atoms with Crippen molar-refractivity contribution >= 4 is 16.7 Å². The summed E-state index contributed by atoms with van der Waals surface area (Å²) in [6, 6.07) is 16.9. The monoisotopic (exact) mass is 433 g/mol. The van der Waals surface area contributed by atoms with Crippen LogP contribution < -0.4 is 5.63 Å². The van der Waals surface area contributed by atoms with Crippen LogP contribution in [0.15, 0.2) is 68.9 Å². The lowest BCUT2D eigenvalue weighted by Gasteiger charge is -2.22. The van der Waals surface area contributed by atoms with Crippen LogP contribution in [0.1, 0.15) is 42.7 Å². The van der Waals surface area contributed by atoms with Crippen LogP contribution in [0, 0.1) is 0 Å². The van der Waals surface area contributed by atoms with E-state index in [1.807, 2.05) is 55.5 Å². The first-order valence-corrected chi connectivity index (χ1v) is 11.3. The number of rotatable bonds is 8. The third-order valence-electron chi connectivity index (χ3n) is 6.07. The molecular weight excluding hydrogens is 402 g/mol. The molecule has 1 N–H and O–H groups in total. The van der Waals surface area contributed by atoms with Gasteiger partial charge in [0.25, 0.3) is 0 Å². The summed E-state index contributed by atoms with van der Waals surface area (Å²) >= 11 is 0. The number of fused-ring (bicyclic) bond motifs is 1. The number of hydrazone groups is 1. The summed E-state index contributed by atoms with van der Waals surface area (Å²) < 4.78 is 5.61. The van der Waals surface area contributed by atoms with Gasteiger partial charge in [0.05, 0.1) is 10.9 Å². The second-order valence-corrected chi connectivity index (χ2v) is 8.63. The van der Waals surface area contributed by atoms with Crippen molar-refractivity contribution in [1.29, 1.82) is 0 Å². The minimum atomic E-state index is -0.501. The van der Waals surface area contributed by atoms with E-state index in [1.54, 1.807) is 18.2 Å². The van der Waals surface area contributed by atoms with E-state index in [2.05, 4.69) is 4.90 Å². The maximum absolute atomic E-state index is 13.1. The quantitative estimate of drug-likeness (QED) is 0.323. The van der Waals surface area contributed by atoms with Crippen molar-refractivity contribution in [2.75, 3.05) is 33.7 Å². The van der Waals surface area contributed by atoms with Gasteiger partial charge < -0.3 is 19.4 Å². The summed E-state index contributed by atoms with van der Waals surface area (Å²) in [6.45, 7) is 3.21. The van der Waals surface area contributed by atoms with Crippen molar-refractivity contribution in [2.45, 2.75) is 31.6 Å². The average Bonchev–Trinajstić information content (AvgIpc) is 3.30. The maximum atomic E-state index is 13.1. The van der Waals surface area contributed by atoms with Crippen LogP contribution in [-0.2, 0) is 0 Å². The average molecular weight is 434 g/mol. The van der Waals surface area contributed by atoms with Crippen molar-refractivity contribution in [1.82, 2.24) is 9.91 Å². The minimum absolute atomic E-state index is 0.00514. The van der Waals surface area contributed by atoms with Gasteiger partial charge in [0.2, 0.25) is 0 Å².